The molecule has 0 saturated heterocycles. The van der Waals surface area contributed by atoms with Crippen LogP contribution in [0, 0.1) is 0 Å². The van der Waals surface area contributed by atoms with Crippen molar-refractivity contribution < 1.29 is 31.3 Å². The number of nitrogens with zero attached hydrogens (tertiary/aromatic N) is 3. The Morgan fingerprint density at radius 2 is 2.17 bits per heavy atom. The van der Waals surface area contributed by atoms with E-state index in [1.54, 1.807) is 0 Å². The Balaban J connectivity index is 5.00. The molecule has 1 unspecified atom stereocenters. The van der Waals surface area contributed by atoms with E-state index in [0.717, 1.165) is 0 Å². The maximum Gasteiger partial charge on any atom is 0.411 e. The summed E-state index contributed by atoms with van der Waals surface area (Å²) in [5.41, 5.74) is 7.99. The minimum absolute atomic E-state index is 0.0516. The first-order valence-electron chi connectivity index (χ1n) is 4.31. The quantitative estimate of drug-likeness (QED) is 0.191. The van der Waals surface area contributed by atoms with Crippen LogP contribution in [-0.2, 0) is 19.6 Å². The predicted molar refractivity (Wildman–Crippen MR) is 55.5 cm³/mol. The van der Waals surface area contributed by atoms with Gasteiger partial charge in [-0.2, -0.15) is 17.2 Å². The Hall–Kier alpha value is -1.16. The van der Waals surface area contributed by atoms with Crippen LogP contribution in [0.1, 0.15) is 12.8 Å². The lowest BCUT2D eigenvalue weighted by atomic mass is 10.3. The van der Waals surface area contributed by atoms with Crippen molar-refractivity contribution in [2.75, 3.05) is 5.88 Å². The standard InChI is InChI=1S/C6H8ClF2N3O5S/c7-3-1-2-4(13)17-5(11-12-10)6(8,9)18(14,15)16/h5H,1-3H2,(H,14,15,16). The van der Waals surface area contributed by atoms with Crippen LogP contribution < -0.4 is 0 Å². The molecule has 0 aromatic carbocycles. The molecule has 0 aliphatic rings. The van der Waals surface area contributed by atoms with Gasteiger partial charge in [0.05, 0.1) is 0 Å². The van der Waals surface area contributed by atoms with Crippen molar-refractivity contribution in [1.29, 1.82) is 0 Å². The molecule has 1 N–H and O–H groups in total. The number of alkyl halides is 3. The Kier molecular flexibility index (Phi) is 6.26. The summed E-state index contributed by atoms with van der Waals surface area (Å²) in [6.07, 6.45) is -3.26. The van der Waals surface area contributed by atoms with E-state index in [4.69, 9.17) is 21.7 Å². The maximum atomic E-state index is 13.1. The fraction of sp³-hybridized carbons (Fsp3) is 0.833. The third kappa shape index (κ3) is 4.61. The average molecular weight is 308 g/mol. The molecule has 12 heteroatoms. The summed E-state index contributed by atoms with van der Waals surface area (Å²) in [4.78, 5) is 12.9. The molecule has 0 aliphatic carbocycles. The van der Waals surface area contributed by atoms with Crippen molar-refractivity contribution in [3.63, 3.8) is 0 Å². The van der Waals surface area contributed by atoms with Crippen molar-refractivity contribution in [3.05, 3.63) is 10.4 Å². The lowest BCUT2D eigenvalue weighted by Crippen LogP contribution is -2.42. The van der Waals surface area contributed by atoms with Crippen LogP contribution in [0.4, 0.5) is 8.78 Å². The monoisotopic (exact) mass is 307 g/mol. The van der Waals surface area contributed by atoms with E-state index >= 15 is 0 Å². The van der Waals surface area contributed by atoms with Gasteiger partial charge in [0.1, 0.15) is 0 Å². The van der Waals surface area contributed by atoms with Crippen LogP contribution in [-0.4, -0.2) is 36.3 Å². The minimum atomic E-state index is -5.89. The van der Waals surface area contributed by atoms with Gasteiger partial charge >= 0.3 is 21.3 Å². The van der Waals surface area contributed by atoms with Crippen LogP contribution in [0.5, 0.6) is 0 Å². The third-order valence-corrected chi connectivity index (χ3v) is 2.70. The van der Waals surface area contributed by atoms with Crippen LogP contribution in [0.2, 0.25) is 0 Å². The highest BCUT2D eigenvalue weighted by atomic mass is 35.5. The van der Waals surface area contributed by atoms with Crippen molar-refractivity contribution in [2.45, 2.75) is 24.3 Å². The van der Waals surface area contributed by atoms with E-state index in [1.165, 1.54) is 0 Å². The highest BCUT2D eigenvalue weighted by Crippen LogP contribution is 2.28. The molecule has 0 aromatic heterocycles. The Morgan fingerprint density at radius 1 is 1.61 bits per heavy atom. The zero-order valence-electron chi connectivity index (χ0n) is 8.66. The molecule has 8 nitrogen and oxygen atoms in total. The van der Waals surface area contributed by atoms with Gasteiger partial charge in [0, 0.05) is 17.2 Å². The zero-order chi connectivity index (χ0) is 14.4. The molecule has 0 fully saturated rings. The first-order chi connectivity index (χ1) is 8.16. The Labute approximate surface area is 105 Å². The number of esters is 1. The molecule has 104 valence electrons. The number of hydrogen-bond donors (Lipinski definition) is 1. The zero-order valence-corrected chi connectivity index (χ0v) is 10.2. The molecule has 1 atom stereocenters. The first-order valence-corrected chi connectivity index (χ1v) is 6.28. The minimum Gasteiger partial charge on any atom is -0.448 e. The molecule has 0 rings (SSSR count). The van der Waals surface area contributed by atoms with Crippen LogP contribution in [0.3, 0.4) is 0 Å². The normalized spacial score (nSPS) is 13.6. The van der Waals surface area contributed by atoms with Gasteiger partial charge in [-0.25, -0.2) is 0 Å². The summed E-state index contributed by atoms with van der Waals surface area (Å²) in [5, 5.41) is -2.61. The van der Waals surface area contributed by atoms with Crippen molar-refractivity contribution in [1.82, 2.24) is 0 Å². The molecule has 0 saturated carbocycles. The van der Waals surface area contributed by atoms with Gasteiger partial charge in [0.25, 0.3) is 6.23 Å². The third-order valence-electron chi connectivity index (χ3n) is 1.55. The fourth-order valence-electron chi connectivity index (χ4n) is 0.728. The first kappa shape index (κ1) is 16.8. The van der Waals surface area contributed by atoms with Gasteiger partial charge in [-0.15, -0.1) is 11.6 Å². The average Bonchev–Trinajstić information content (AvgIpc) is 2.24. The second kappa shape index (κ2) is 6.69. The summed E-state index contributed by atoms with van der Waals surface area (Å²) in [6.45, 7) is 0. The molecule has 0 heterocycles. The summed E-state index contributed by atoms with van der Waals surface area (Å²) < 4.78 is 59.1. The van der Waals surface area contributed by atoms with E-state index in [1.807, 2.05) is 4.91 Å². The molecule has 0 amide bonds. The molecular formula is C6H8ClF2N3O5S. The molecule has 18 heavy (non-hydrogen) atoms. The topological polar surface area (TPSA) is 129 Å². The second-order valence-electron chi connectivity index (χ2n) is 2.88. The van der Waals surface area contributed by atoms with Gasteiger partial charge in [-0.05, 0) is 17.1 Å². The van der Waals surface area contributed by atoms with Crippen LogP contribution in [0.15, 0.2) is 5.11 Å². The van der Waals surface area contributed by atoms with Crippen molar-refractivity contribution in [3.8, 4) is 0 Å². The Bertz CT molecular complexity index is 450. The molecule has 0 spiro atoms. The Morgan fingerprint density at radius 3 is 2.56 bits per heavy atom. The summed E-state index contributed by atoms with van der Waals surface area (Å²) >= 11 is 5.23. The van der Waals surface area contributed by atoms with Crippen molar-refractivity contribution >= 4 is 27.7 Å². The van der Waals surface area contributed by atoms with E-state index < -0.39 is 27.6 Å². The van der Waals surface area contributed by atoms with E-state index in [9.17, 15) is 22.0 Å². The number of carbonyl (C=O) groups excluding carboxylic acids is 1. The van der Waals surface area contributed by atoms with Gasteiger partial charge < -0.3 is 4.74 Å². The lowest BCUT2D eigenvalue weighted by molar-refractivity contribution is -0.160. The highest BCUT2D eigenvalue weighted by molar-refractivity contribution is 7.86. The second-order valence-corrected chi connectivity index (χ2v) is 4.75. The number of halogens is 3. The van der Waals surface area contributed by atoms with Gasteiger partial charge in [0.15, 0.2) is 0 Å². The summed E-state index contributed by atoms with van der Waals surface area (Å²) in [6, 6.07) is 0. The molecular weight excluding hydrogens is 300 g/mol. The van der Waals surface area contributed by atoms with Crippen LogP contribution in [0.25, 0.3) is 10.4 Å². The summed E-state index contributed by atoms with van der Waals surface area (Å²) in [7, 11) is -5.89. The van der Waals surface area contributed by atoms with Gasteiger partial charge in [-0.1, -0.05) is 0 Å². The largest absolute Gasteiger partial charge is 0.448 e. The maximum absolute atomic E-state index is 13.1. The number of hydrogen-bond acceptors (Lipinski definition) is 5. The fourth-order valence-corrected chi connectivity index (χ4v) is 1.21. The number of rotatable bonds is 7. The van der Waals surface area contributed by atoms with E-state index in [2.05, 4.69) is 9.85 Å². The SMILES string of the molecule is [N-]=[N+]=NC(OC(=O)CCCCl)C(F)(F)S(=O)(=O)O. The van der Waals surface area contributed by atoms with Gasteiger partial charge in [0.2, 0.25) is 0 Å². The molecule has 0 bridgehead atoms. The van der Waals surface area contributed by atoms with Crippen molar-refractivity contribution in [2.24, 2.45) is 5.11 Å². The van der Waals surface area contributed by atoms with E-state index in [-0.39, 0.29) is 18.7 Å². The number of ether oxygens (including phenoxy) is 1. The lowest BCUT2D eigenvalue weighted by Gasteiger charge is -2.20. The van der Waals surface area contributed by atoms with Crippen LogP contribution >= 0.6 is 11.6 Å². The number of carbonyl (C=O) groups is 1. The summed E-state index contributed by atoms with van der Waals surface area (Å²) in [5.74, 6) is -1.19. The molecule has 0 aromatic rings. The molecule has 0 aliphatic heterocycles. The predicted octanol–water partition coefficient (Wildman–Crippen LogP) is 1.67. The van der Waals surface area contributed by atoms with E-state index in [0.29, 0.717) is 0 Å². The smallest absolute Gasteiger partial charge is 0.411 e. The number of azide groups is 1. The van der Waals surface area contributed by atoms with Gasteiger partial charge in [-0.3, -0.25) is 9.35 Å². The molecule has 0 radical (unpaired) electrons. The highest BCUT2D eigenvalue weighted by Gasteiger charge is 2.54.